The SMILES string of the molecule is NC(=O)c1c(NC(=O)CSc2nnc(C3CC3)n2N)sc2c1CCCC2. The fourth-order valence-electron chi connectivity index (χ4n) is 3.21. The van der Waals surface area contributed by atoms with Crippen LogP contribution >= 0.6 is 23.1 Å². The van der Waals surface area contributed by atoms with Crippen LogP contribution in [0, 0.1) is 0 Å². The molecule has 0 saturated heterocycles. The van der Waals surface area contributed by atoms with Gasteiger partial charge in [0.2, 0.25) is 11.1 Å². The molecule has 138 valence electrons. The van der Waals surface area contributed by atoms with Crippen LogP contribution in [0.15, 0.2) is 5.16 Å². The van der Waals surface area contributed by atoms with Gasteiger partial charge >= 0.3 is 0 Å². The van der Waals surface area contributed by atoms with Gasteiger partial charge in [0, 0.05) is 10.8 Å². The zero-order valence-electron chi connectivity index (χ0n) is 14.2. The second-order valence-corrected chi connectivity index (χ2v) is 8.65. The molecule has 2 aromatic rings. The lowest BCUT2D eigenvalue weighted by Gasteiger charge is -2.11. The third-order valence-electron chi connectivity index (χ3n) is 4.64. The minimum absolute atomic E-state index is 0.140. The number of anilines is 1. The zero-order chi connectivity index (χ0) is 18.3. The van der Waals surface area contributed by atoms with Gasteiger partial charge < -0.3 is 16.9 Å². The van der Waals surface area contributed by atoms with Crippen molar-refractivity contribution in [1.82, 2.24) is 14.9 Å². The lowest BCUT2D eigenvalue weighted by Crippen LogP contribution is -2.20. The summed E-state index contributed by atoms with van der Waals surface area (Å²) in [5.74, 6) is 6.60. The molecular weight excluding hydrogens is 372 g/mol. The molecule has 10 heteroatoms. The van der Waals surface area contributed by atoms with Gasteiger partial charge in [-0.25, -0.2) is 4.68 Å². The van der Waals surface area contributed by atoms with E-state index in [1.807, 2.05) is 0 Å². The van der Waals surface area contributed by atoms with Crippen LogP contribution in [0.2, 0.25) is 0 Å². The molecule has 0 atom stereocenters. The fourth-order valence-corrected chi connectivity index (χ4v) is 5.19. The number of thioether (sulfide) groups is 1. The number of rotatable bonds is 6. The smallest absolute Gasteiger partial charge is 0.251 e. The molecule has 0 radical (unpaired) electrons. The number of carbonyl (C=O) groups is 2. The first kappa shape index (κ1) is 17.3. The van der Waals surface area contributed by atoms with Crippen LogP contribution in [0.1, 0.15) is 58.2 Å². The van der Waals surface area contributed by atoms with Gasteiger partial charge in [0.25, 0.3) is 5.91 Å². The Morgan fingerprint density at radius 1 is 1.27 bits per heavy atom. The van der Waals surface area contributed by atoms with Crippen molar-refractivity contribution >= 4 is 39.9 Å². The summed E-state index contributed by atoms with van der Waals surface area (Å²) < 4.78 is 1.47. The van der Waals surface area contributed by atoms with E-state index in [0.29, 0.717) is 21.6 Å². The molecule has 2 aliphatic carbocycles. The molecule has 2 heterocycles. The van der Waals surface area contributed by atoms with E-state index in [1.54, 1.807) is 0 Å². The molecule has 0 aromatic carbocycles. The van der Waals surface area contributed by atoms with Gasteiger partial charge in [-0.2, -0.15) is 0 Å². The first-order chi connectivity index (χ1) is 12.5. The summed E-state index contributed by atoms with van der Waals surface area (Å²) in [5.41, 5.74) is 7.03. The zero-order valence-corrected chi connectivity index (χ0v) is 15.8. The molecule has 2 amide bonds. The summed E-state index contributed by atoms with van der Waals surface area (Å²) in [5, 5.41) is 12.1. The van der Waals surface area contributed by atoms with Crippen molar-refractivity contribution in [3.63, 3.8) is 0 Å². The summed E-state index contributed by atoms with van der Waals surface area (Å²) in [4.78, 5) is 25.4. The van der Waals surface area contributed by atoms with Crippen LogP contribution in [-0.4, -0.2) is 32.4 Å². The highest BCUT2D eigenvalue weighted by atomic mass is 32.2. The molecule has 0 spiro atoms. The number of nitrogens with zero attached hydrogens (tertiary/aromatic N) is 3. The van der Waals surface area contributed by atoms with Crippen LogP contribution in [0.5, 0.6) is 0 Å². The maximum Gasteiger partial charge on any atom is 0.251 e. The topological polar surface area (TPSA) is 129 Å². The molecule has 2 aliphatic rings. The molecule has 5 N–H and O–H groups in total. The number of primary amides is 1. The molecule has 0 unspecified atom stereocenters. The number of hydrogen-bond acceptors (Lipinski definition) is 7. The normalized spacial score (nSPS) is 16.3. The molecule has 8 nitrogen and oxygen atoms in total. The summed E-state index contributed by atoms with van der Waals surface area (Å²) in [6.07, 6.45) is 6.09. The molecule has 4 rings (SSSR count). The maximum absolute atomic E-state index is 12.4. The van der Waals surface area contributed by atoms with Crippen molar-refractivity contribution < 1.29 is 9.59 Å². The summed E-state index contributed by atoms with van der Waals surface area (Å²) in [6.45, 7) is 0. The van der Waals surface area contributed by atoms with Gasteiger partial charge in [-0.05, 0) is 44.1 Å². The number of aromatic nitrogens is 3. The third-order valence-corrected chi connectivity index (χ3v) is 6.79. The summed E-state index contributed by atoms with van der Waals surface area (Å²) >= 11 is 2.69. The molecule has 0 aliphatic heterocycles. The van der Waals surface area contributed by atoms with Crippen molar-refractivity contribution in [3.05, 3.63) is 21.8 Å². The average Bonchev–Trinajstić information content (AvgIpc) is 3.28. The van der Waals surface area contributed by atoms with Crippen LogP contribution in [0.3, 0.4) is 0 Å². The first-order valence-electron chi connectivity index (χ1n) is 8.62. The fraction of sp³-hybridized carbons (Fsp3) is 0.500. The van der Waals surface area contributed by atoms with E-state index in [-0.39, 0.29) is 11.7 Å². The summed E-state index contributed by atoms with van der Waals surface area (Å²) in [7, 11) is 0. The van der Waals surface area contributed by atoms with Crippen molar-refractivity contribution in [2.75, 3.05) is 16.9 Å². The van der Waals surface area contributed by atoms with Gasteiger partial charge in [0.15, 0.2) is 5.82 Å². The van der Waals surface area contributed by atoms with Gasteiger partial charge in [-0.15, -0.1) is 21.5 Å². The Morgan fingerprint density at radius 3 is 2.77 bits per heavy atom. The van der Waals surface area contributed by atoms with E-state index in [4.69, 9.17) is 11.6 Å². The number of aryl methyl sites for hydroxylation is 1. The number of nitrogens with one attached hydrogen (secondary N) is 1. The molecule has 1 saturated carbocycles. The van der Waals surface area contributed by atoms with Gasteiger partial charge in [0.1, 0.15) is 5.00 Å². The van der Waals surface area contributed by atoms with Crippen LogP contribution < -0.4 is 16.9 Å². The highest BCUT2D eigenvalue weighted by Gasteiger charge is 2.30. The Hall–Kier alpha value is -2.07. The van der Waals surface area contributed by atoms with Crippen LogP contribution in [-0.2, 0) is 17.6 Å². The molecular formula is C16H20N6O2S2. The van der Waals surface area contributed by atoms with E-state index in [1.165, 1.54) is 27.8 Å². The number of hydrogen-bond donors (Lipinski definition) is 3. The van der Waals surface area contributed by atoms with Crippen molar-refractivity contribution in [2.24, 2.45) is 5.73 Å². The van der Waals surface area contributed by atoms with Gasteiger partial charge in [0.05, 0.1) is 11.3 Å². The first-order valence-corrected chi connectivity index (χ1v) is 10.4. The molecule has 0 bridgehead atoms. The van der Waals surface area contributed by atoms with Crippen molar-refractivity contribution in [3.8, 4) is 0 Å². The monoisotopic (exact) mass is 392 g/mol. The third kappa shape index (κ3) is 3.30. The number of nitrogens with two attached hydrogens (primary N) is 2. The largest absolute Gasteiger partial charge is 0.365 e. The molecule has 2 aromatic heterocycles. The van der Waals surface area contributed by atoms with E-state index < -0.39 is 5.91 Å². The van der Waals surface area contributed by atoms with E-state index in [2.05, 4.69) is 15.5 Å². The lowest BCUT2D eigenvalue weighted by molar-refractivity contribution is -0.113. The predicted octanol–water partition coefficient (Wildman–Crippen LogP) is 1.64. The van der Waals surface area contributed by atoms with E-state index in [9.17, 15) is 9.59 Å². The minimum Gasteiger partial charge on any atom is -0.365 e. The van der Waals surface area contributed by atoms with Crippen LogP contribution in [0.25, 0.3) is 0 Å². The number of carbonyl (C=O) groups excluding carboxylic acids is 2. The van der Waals surface area contributed by atoms with Crippen molar-refractivity contribution in [2.45, 2.75) is 49.6 Å². The Labute approximate surface area is 158 Å². The quantitative estimate of drug-likeness (QED) is 0.506. The second kappa shape index (κ2) is 6.92. The van der Waals surface area contributed by atoms with Gasteiger partial charge in [-0.3, -0.25) is 9.59 Å². The Balaban J connectivity index is 1.43. The highest BCUT2D eigenvalue weighted by molar-refractivity contribution is 7.99. The number of nitrogen functional groups attached to an aromatic ring is 1. The Kier molecular flexibility index (Phi) is 4.62. The predicted molar refractivity (Wildman–Crippen MR) is 101 cm³/mol. The van der Waals surface area contributed by atoms with Crippen LogP contribution in [0.4, 0.5) is 5.00 Å². The molecule has 1 fully saturated rings. The molecule has 26 heavy (non-hydrogen) atoms. The standard InChI is InChI=1S/C16H20N6O2S2/c17-13(24)12-9-3-1-2-4-10(9)26-15(12)19-11(23)7-25-16-21-20-14(22(16)18)8-5-6-8/h8H,1-7,18H2,(H2,17,24)(H,19,23). The van der Waals surface area contributed by atoms with E-state index >= 15 is 0 Å². The Bertz CT molecular complexity index is 870. The number of thiophene rings is 1. The summed E-state index contributed by atoms with van der Waals surface area (Å²) in [6, 6.07) is 0. The lowest BCUT2D eigenvalue weighted by atomic mass is 9.95. The highest BCUT2D eigenvalue weighted by Crippen LogP contribution is 2.39. The van der Waals surface area contributed by atoms with E-state index in [0.717, 1.165) is 54.8 Å². The number of fused-ring (bicyclic) bond motifs is 1. The van der Waals surface area contributed by atoms with Crippen molar-refractivity contribution in [1.29, 1.82) is 0 Å². The number of amides is 2. The average molecular weight is 393 g/mol. The van der Waals surface area contributed by atoms with Gasteiger partial charge in [-0.1, -0.05) is 11.8 Å². The maximum atomic E-state index is 12.4. The second-order valence-electron chi connectivity index (χ2n) is 6.60. The Morgan fingerprint density at radius 2 is 2.04 bits per heavy atom. The minimum atomic E-state index is -0.483.